The van der Waals surface area contributed by atoms with E-state index in [9.17, 15) is 13.6 Å². The maximum Gasteiger partial charge on any atom is 0.252 e. The van der Waals surface area contributed by atoms with Gasteiger partial charge in [-0.25, -0.2) is 8.78 Å². The summed E-state index contributed by atoms with van der Waals surface area (Å²) in [5, 5.41) is 3.11. The summed E-state index contributed by atoms with van der Waals surface area (Å²) in [6.07, 6.45) is -0.409. The molecule has 0 saturated heterocycles. The number of nitrogens with one attached hydrogen (secondary N) is 1. The smallest absolute Gasteiger partial charge is 0.252 e. The first-order valence-corrected chi connectivity index (χ1v) is 6.64. The molecule has 0 aliphatic heterocycles. The van der Waals surface area contributed by atoms with Gasteiger partial charge in [0, 0.05) is 23.4 Å². The third-order valence-electron chi connectivity index (χ3n) is 2.84. The van der Waals surface area contributed by atoms with Crippen molar-refractivity contribution in [3.63, 3.8) is 0 Å². The number of hydrogen-bond donors (Lipinski definition) is 1. The molecule has 2 rings (SSSR count). The number of alkyl halides is 2. The number of amides is 1. The Balaban J connectivity index is 1.90. The lowest BCUT2D eigenvalue weighted by atomic mass is 9.88. The maximum atomic E-state index is 12.6. The van der Waals surface area contributed by atoms with E-state index in [0.717, 1.165) is 5.56 Å². The van der Waals surface area contributed by atoms with Crippen LogP contribution >= 0.6 is 27.5 Å². The summed E-state index contributed by atoms with van der Waals surface area (Å²) in [5.74, 6) is -2.88. The second kappa shape index (κ2) is 5.13. The van der Waals surface area contributed by atoms with Crippen LogP contribution in [0.15, 0.2) is 22.7 Å². The zero-order valence-electron chi connectivity index (χ0n) is 9.35. The molecule has 1 N–H and O–H groups in total. The monoisotopic (exact) mass is 337 g/mol. The lowest BCUT2D eigenvalue weighted by molar-refractivity contribution is -0.128. The minimum absolute atomic E-state index is 0.128. The predicted molar refractivity (Wildman–Crippen MR) is 69.0 cm³/mol. The molecule has 0 spiro atoms. The molecule has 1 fully saturated rings. The highest BCUT2D eigenvalue weighted by molar-refractivity contribution is 9.10. The van der Waals surface area contributed by atoms with Crippen LogP contribution in [-0.2, 0) is 11.2 Å². The standard InChI is InChI=1S/C12H11BrClF2NO/c13-11-7(2-1-3-9(11)14)4-10(18)17-8-5-12(15,16)6-8/h1-3,8H,4-6H2,(H,17,18). The number of benzene rings is 1. The summed E-state index contributed by atoms with van der Waals surface area (Å²) in [7, 11) is 0. The van der Waals surface area contributed by atoms with E-state index in [1.165, 1.54) is 0 Å². The zero-order chi connectivity index (χ0) is 13.3. The Morgan fingerprint density at radius 1 is 1.50 bits per heavy atom. The molecule has 18 heavy (non-hydrogen) atoms. The van der Waals surface area contributed by atoms with Crippen molar-refractivity contribution in [3.05, 3.63) is 33.3 Å². The summed E-state index contributed by atoms with van der Waals surface area (Å²) >= 11 is 9.19. The Morgan fingerprint density at radius 3 is 2.78 bits per heavy atom. The molecule has 0 heterocycles. The minimum Gasteiger partial charge on any atom is -0.353 e. The second-order valence-corrected chi connectivity index (χ2v) is 5.62. The number of hydrogen-bond acceptors (Lipinski definition) is 1. The quantitative estimate of drug-likeness (QED) is 0.897. The Morgan fingerprint density at radius 2 is 2.17 bits per heavy atom. The van der Waals surface area contributed by atoms with Crippen molar-refractivity contribution in [1.82, 2.24) is 5.32 Å². The van der Waals surface area contributed by atoms with Crippen molar-refractivity contribution in [2.75, 3.05) is 0 Å². The van der Waals surface area contributed by atoms with Gasteiger partial charge in [-0.05, 0) is 27.6 Å². The molecule has 1 aliphatic carbocycles. The Kier molecular flexibility index (Phi) is 3.92. The van der Waals surface area contributed by atoms with Gasteiger partial charge in [0.15, 0.2) is 0 Å². The fourth-order valence-electron chi connectivity index (χ4n) is 1.90. The van der Waals surface area contributed by atoms with Crippen LogP contribution in [0.25, 0.3) is 0 Å². The van der Waals surface area contributed by atoms with Crippen LogP contribution in [0.3, 0.4) is 0 Å². The highest BCUT2D eigenvalue weighted by Gasteiger charge is 2.45. The van der Waals surface area contributed by atoms with Crippen molar-refractivity contribution in [1.29, 1.82) is 0 Å². The van der Waals surface area contributed by atoms with Crippen molar-refractivity contribution in [2.45, 2.75) is 31.2 Å². The first-order valence-electron chi connectivity index (χ1n) is 5.47. The average Bonchev–Trinajstić information content (AvgIpc) is 2.22. The van der Waals surface area contributed by atoms with Crippen LogP contribution < -0.4 is 5.32 Å². The first-order chi connectivity index (χ1) is 8.37. The van der Waals surface area contributed by atoms with Crippen LogP contribution in [0.2, 0.25) is 5.02 Å². The van der Waals surface area contributed by atoms with E-state index in [1.807, 2.05) is 0 Å². The lowest BCUT2D eigenvalue weighted by Crippen LogP contribution is -2.50. The Bertz CT molecular complexity index is 473. The van der Waals surface area contributed by atoms with E-state index in [2.05, 4.69) is 21.2 Å². The van der Waals surface area contributed by atoms with E-state index < -0.39 is 12.0 Å². The van der Waals surface area contributed by atoms with Gasteiger partial charge in [-0.2, -0.15) is 0 Å². The Labute approximate surface area is 117 Å². The fraction of sp³-hybridized carbons (Fsp3) is 0.417. The number of carbonyl (C=O) groups is 1. The topological polar surface area (TPSA) is 29.1 Å². The van der Waals surface area contributed by atoms with Gasteiger partial charge in [0.05, 0.1) is 11.4 Å². The second-order valence-electron chi connectivity index (χ2n) is 4.42. The van der Waals surface area contributed by atoms with E-state index in [4.69, 9.17) is 11.6 Å². The predicted octanol–water partition coefficient (Wildman–Crippen LogP) is 3.56. The highest BCUT2D eigenvalue weighted by atomic mass is 79.9. The molecule has 1 aromatic rings. The first kappa shape index (κ1) is 13.7. The third kappa shape index (κ3) is 3.20. The van der Waals surface area contributed by atoms with Crippen LogP contribution in [0.4, 0.5) is 8.78 Å². The van der Waals surface area contributed by atoms with E-state index in [0.29, 0.717) is 9.50 Å². The molecule has 1 aliphatic rings. The molecular weight excluding hydrogens is 327 g/mol. The van der Waals surface area contributed by atoms with E-state index in [-0.39, 0.29) is 25.2 Å². The normalized spacial score (nSPS) is 18.2. The van der Waals surface area contributed by atoms with Crippen LogP contribution in [0.1, 0.15) is 18.4 Å². The zero-order valence-corrected chi connectivity index (χ0v) is 11.7. The molecule has 1 amide bonds. The molecule has 0 aromatic heterocycles. The highest BCUT2D eigenvalue weighted by Crippen LogP contribution is 2.37. The molecule has 0 bridgehead atoms. The van der Waals surface area contributed by atoms with Gasteiger partial charge in [0.25, 0.3) is 5.92 Å². The summed E-state index contributed by atoms with van der Waals surface area (Å²) in [6, 6.07) is 4.81. The van der Waals surface area contributed by atoms with Crippen molar-refractivity contribution < 1.29 is 13.6 Å². The van der Waals surface area contributed by atoms with Gasteiger partial charge in [-0.1, -0.05) is 23.7 Å². The molecule has 0 atom stereocenters. The number of rotatable bonds is 3. The fourth-order valence-corrected chi connectivity index (χ4v) is 2.50. The average molecular weight is 339 g/mol. The molecule has 0 radical (unpaired) electrons. The number of halogens is 4. The summed E-state index contributed by atoms with van der Waals surface area (Å²) < 4.78 is 25.9. The summed E-state index contributed by atoms with van der Waals surface area (Å²) in [6.45, 7) is 0. The number of carbonyl (C=O) groups excluding carboxylic acids is 1. The molecule has 1 saturated carbocycles. The molecule has 2 nitrogen and oxygen atoms in total. The van der Waals surface area contributed by atoms with Crippen LogP contribution in [0, 0.1) is 0 Å². The van der Waals surface area contributed by atoms with E-state index >= 15 is 0 Å². The molecule has 0 unspecified atom stereocenters. The van der Waals surface area contributed by atoms with Crippen molar-refractivity contribution in [2.24, 2.45) is 0 Å². The lowest BCUT2D eigenvalue weighted by Gasteiger charge is -2.35. The molecule has 6 heteroatoms. The summed E-state index contributed by atoms with van der Waals surface area (Å²) in [4.78, 5) is 11.7. The minimum atomic E-state index is -2.62. The maximum absolute atomic E-state index is 12.6. The van der Waals surface area contributed by atoms with Gasteiger partial charge in [-0.15, -0.1) is 0 Å². The molecule has 98 valence electrons. The van der Waals surface area contributed by atoms with Crippen LogP contribution in [-0.4, -0.2) is 17.9 Å². The van der Waals surface area contributed by atoms with Crippen LogP contribution in [0.5, 0.6) is 0 Å². The van der Waals surface area contributed by atoms with Gasteiger partial charge in [0.1, 0.15) is 0 Å². The van der Waals surface area contributed by atoms with Gasteiger partial charge < -0.3 is 5.32 Å². The van der Waals surface area contributed by atoms with Crippen molar-refractivity contribution in [3.8, 4) is 0 Å². The Hall–Kier alpha value is -0.680. The van der Waals surface area contributed by atoms with E-state index in [1.54, 1.807) is 18.2 Å². The SMILES string of the molecule is O=C(Cc1cccc(Cl)c1Br)NC1CC(F)(F)C1. The van der Waals surface area contributed by atoms with Gasteiger partial charge in [-0.3, -0.25) is 4.79 Å². The van der Waals surface area contributed by atoms with Crippen molar-refractivity contribution >= 4 is 33.4 Å². The largest absolute Gasteiger partial charge is 0.353 e. The summed E-state index contributed by atoms with van der Waals surface area (Å²) in [5.41, 5.74) is 0.742. The molecule has 1 aromatic carbocycles. The third-order valence-corrected chi connectivity index (χ3v) is 4.32. The van der Waals surface area contributed by atoms with Gasteiger partial charge >= 0.3 is 0 Å². The van der Waals surface area contributed by atoms with Gasteiger partial charge in [0.2, 0.25) is 5.91 Å². The molecular formula is C12H11BrClF2NO.